The quantitative estimate of drug-likeness (QED) is 0.114. The summed E-state index contributed by atoms with van der Waals surface area (Å²) in [5.74, 6) is 0. The van der Waals surface area contributed by atoms with E-state index in [1.54, 1.807) is 0 Å². The fourth-order valence-corrected chi connectivity index (χ4v) is 5.73. The van der Waals surface area contributed by atoms with E-state index >= 15 is 0 Å². The van der Waals surface area contributed by atoms with Crippen LogP contribution in [0.1, 0.15) is 22.3 Å². The molecule has 6 heteroatoms. The molecular weight excluding hydrogens is 615 g/mol. The number of rotatable bonds is 13. The van der Waals surface area contributed by atoms with E-state index in [4.69, 9.17) is 23.7 Å². The van der Waals surface area contributed by atoms with Crippen LogP contribution in [0.4, 0.5) is 0 Å². The Hall–Kier alpha value is -2.59. The molecule has 5 rings (SSSR count). The summed E-state index contributed by atoms with van der Waals surface area (Å²) in [6.45, 7) is 2.22. The van der Waals surface area contributed by atoms with Gasteiger partial charge in [-0.25, -0.2) is 0 Å². The molecule has 0 aromatic heterocycles. The van der Waals surface area contributed by atoms with Crippen molar-refractivity contribution < 1.29 is 23.7 Å². The number of halogens is 1. The predicted octanol–water partition coefficient (Wildman–Crippen LogP) is 7.12. The molecule has 1 saturated heterocycles. The van der Waals surface area contributed by atoms with Gasteiger partial charge in [0, 0.05) is 0 Å². The summed E-state index contributed by atoms with van der Waals surface area (Å²) < 4.78 is 32.2. The molecule has 0 bridgehead atoms. The van der Waals surface area contributed by atoms with Crippen LogP contribution in [-0.2, 0) is 50.1 Å². The van der Waals surface area contributed by atoms with E-state index in [0.29, 0.717) is 33.0 Å². The van der Waals surface area contributed by atoms with Crippen molar-refractivity contribution in [3.8, 4) is 0 Å². The summed E-state index contributed by atoms with van der Waals surface area (Å²) in [5.41, 5.74) is 4.40. The predicted molar refractivity (Wildman–Crippen MR) is 164 cm³/mol. The van der Waals surface area contributed by atoms with Crippen LogP contribution >= 0.6 is 22.6 Å². The van der Waals surface area contributed by atoms with Crippen LogP contribution in [-0.4, -0.2) is 35.1 Å². The second-order valence-corrected chi connectivity index (χ2v) is 11.0. The average molecular weight is 651 g/mol. The lowest BCUT2D eigenvalue weighted by Gasteiger charge is -2.44. The second-order valence-electron chi connectivity index (χ2n) is 9.81. The molecule has 1 aliphatic rings. The minimum absolute atomic E-state index is 0.246. The van der Waals surface area contributed by atoms with Gasteiger partial charge in [-0.1, -0.05) is 121 Å². The van der Waals surface area contributed by atoms with E-state index in [-0.39, 0.29) is 22.4 Å². The molecule has 5 nitrogen and oxygen atoms in total. The van der Waals surface area contributed by atoms with Crippen LogP contribution in [0.5, 0.6) is 0 Å². The van der Waals surface area contributed by atoms with Gasteiger partial charge in [0.05, 0.1) is 33.0 Å². The van der Waals surface area contributed by atoms with Gasteiger partial charge in [0.1, 0.15) is 28.5 Å². The summed E-state index contributed by atoms with van der Waals surface area (Å²) in [4.78, 5) is 0. The highest BCUT2D eigenvalue weighted by Crippen LogP contribution is 2.33. The maximum Gasteiger partial charge on any atom is 0.138 e. The van der Waals surface area contributed by atoms with Crippen molar-refractivity contribution in [2.75, 3.05) is 6.61 Å². The van der Waals surface area contributed by atoms with Crippen molar-refractivity contribution >= 4 is 22.6 Å². The molecule has 0 unspecified atom stereocenters. The Morgan fingerprint density at radius 1 is 0.475 bits per heavy atom. The molecule has 1 aliphatic heterocycles. The van der Waals surface area contributed by atoms with Crippen LogP contribution in [0.25, 0.3) is 0 Å². The first-order chi connectivity index (χ1) is 19.8. The lowest BCUT2D eigenvalue weighted by atomic mass is 9.99. The van der Waals surface area contributed by atoms with Crippen LogP contribution in [0.2, 0.25) is 0 Å². The second kappa shape index (κ2) is 15.4. The van der Waals surface area contributed by atoms with Crippen LogP contribution in [0, 0.1) is 0 Å². The smallest absolute Gasteiger partial charge is 0.138 e. The zero-order valence-corrected chi connectivity index (χ0v) is 24.5. The van der Waals surface area contributed by atoms with Gasteiger partial charge >= 0.3 is 0 Å². The third-order valence-electron chi connectivity index (χ3n) is 6.83. The maximum atomic E-state index is 6.65. The fourth-order valence-electron chi connectivity index (χ4n) is 4.73. The third-order valence-corrected chi connectivity index (χ3v) is 7.83. The molecule has 208 valence electrons. The van der Waals surface area contributed by atoms with Crippen LogP contribution in [0.3, 0.4) is 0 Å². The SMILES string of the molecule is I[C@H]1O[C@H](COCc2ccccc2)[C@H](OCc2ccccc2)[C@H](OCc2ccccc2)[C@@H]1OCc1ccccc1. The molecule has 0 N–H and O–H groups in total. The Morgan fingerprint density at radius 2 is 0.850 bits per heavy atom. The number of ether oxygens (including phenoxy) is 5. The highest BCUT2D eigenvalue weighted by molar-refractivity contribution is 14.1. The van der Waals surface area contributed by atoms with Gasteiger partial charge in [0.2, 0.25) is 0 Å². The topological polar surface area (TPSA) is 46.2 Å². The van der Waals surface area contributed by atoms with Crippen LogP contribution < -0.4 is 0 Å². The average Bonchev–Trinajstić information content (AvgIpc) is 3.01. The first-order valence-corrected chi connectivity index (χ1v) is 14.9. The van der Waals surface area contributed by atoms with Crippen molar-refractivity contribution in [2.24, 2.45) is 0 Å². The van der Waals surface area contributed by atoms with Crippen molar-refractivity contribution in [1.82, 2.24) is 0 Å². The lowest BCUT2D eigenvalue weighted by Crippen LogP contribution is -2.59. The summed E-state index contributed by atoms with van der Waals surface area (Å²) >= 11 is 2.32. The summed E-state index contributed by atoms with van der Waals surface area (Å²) in [7, 11) is 0. The molecule has 40 heavy (non-hydrogen) atoms. The van der Waals surface area contributed by atoms with Crippen molar-refractivity contribution in [2.45, 2.75) is 55.0 Å². The highest BCUT2D eigenvalue weighted by atomic mass is 127. The molecule has 0 amide bonds. The van der Waals surface area contributed by atoms with E-state index in [2.05, 4.69) is 71.1 Å². The number of alkyl halides is 1. The Labute approximate surface area is 250 Å². The molecule has 4 aromatic carbocycles. The standard InChI is InChI=1S/C34H35IO5/c35-34-33(39-24-29-19-11-4-12-20-29)32(38-23-28-17-9-3-10-18-28)31(37-22-27-15-7-2-8-16-27)30(40-34)25-36-21-26-13-5-1-6-14-26/h1-20,30-34H,21-25H2/t30-,31+,32+,33+,34+/m1/s1. The summed E-state index contributed by atoms with van der Waals surface area (Å²) in [6.07, 6.45) is -1.43. The maximum absolute atomic E-state index is 6.65. The van der Waals surface area contributed by atoms with E-state index in [1.165, 1.54) is 0 Å². The normalized spacial score (nSPS) is 22.7. The monoisotopic (exact) mass is 650 g/mol. The molecule has 4 aromatic rings. The van der Waals surface area contributed by atoms with E-state index in [0.717, 1.165) is 22.3 Å². The van der Waals surface area contributed by atoms with Gasteiger partial charge in [-0.15, -0.1) is 0 Å². The largest absolute Gasteiger partial charge is 0.374 e. The zero-order chi connectivity index (χ0) is 27.4. The molecular formula is C34H35IO5. The molecule has 5 atom stereocenters. The van der Waals surface area contributed by atoms with Crippen molar-refractivity contribution in [3.63, 3.8) is 0 Å². The summed E-state index contributed by atoms with van der Waals surface area (Å²) in [5, 5.41) is 0. The molecule has 0 spiro atoms. The zero-order valence-electron chi connectivity index (χ0n) is 22.4. The van der Waals surface area contributed by atoms with Crippen LogP contribution in [0.15, 0.2) is 121 Å². The first kappa shape index (κ1) is 28.9. The molecule has 0 saturated carbocycles. The molecule has 1 fully saturated rings. The molecule has 0 aliphatic carbocycles. The third kappa shape index (κ3) is 8.46. The Kier molecular flexibility index (Phi) is 11.1. The van der Waals surface area contributed by atoms with E-state index in [1.807, 2.05) is 72.8 Å². The van der Waals surface area contributed by atoms with Gasteiger partial charge in [-0.2, -0.15) is 0 Å². The van der Waals surface area contributed by atoms with Crippen molar-refractivity contribution in [3.05, 3.63) is 144 Å². The van der Waals surface area contributed by atoms with E-state index in [9.17, 15) is 0 Å². The molecule has 0 radical (unpaired) electrons. The molecule has 1 heterocycles. The highest BCUT2D eigenvalue weighted by Gasteiger charge is 2.47. The first-order valence-electron chi connectivity index (χ1n) is 13.6. The van der Waals surface area contributed by atoms with E-state index < -0.39 is 6.10 Å². The Balaban J connectivity index is 1.36. The van der Waals surface area contributed by atoms with Gasteiger partial charge in [0.25, 0.3) is 0 Å². The van der Waals surface area contributed by atoms with Gasteiger partial charge < -0.3 is 23.7 Å². The Bertz CT molecular complexity index is 1240. The minimum atomic E-state index is -0.397. The van der Waals surface area contributed by atoms with Gasteiger partial charge in [0.15, 0.2) is 0 Å². The van der Waals surface area contributed by atoms with Gasteiger partial charge in [-0.05, 0) is 44.8 Å². The van der Waals surface area contributed by atoms with Crippen molar-refractivity contribution in [1.29, 1.82) is 0 Å². The number of hydrogen-bond donors (Lipinski definition) is 0. The Morgan fingerprint density at radius 3 is 1.30 bits per heavy atom. The summed E-state index contributed by atoms with van der Waals surface area (Å²) in [6, 6.07) is 40.7. The number of benzene rings is 4. The lowest BCUT2D eigenvalue weighted by molar-refractivity contribution is -0.251. The fraction of sp³-hybridized carbons (Fsp3) is 0.294. The minimum Gasteiger partial charge on any atom is -0.374 e. The van der Waals surface area contributed by atoms with Gasteiger partial charge in [-0.3, -0.25) is 0 Å². The number of hydrogen-bond acceptors (Lipinski definition) is 5.